The van der Waals surface area contributed by atoms with Crippen molar-refractivity contribution < 1.29 is 9.53 Å². The number of benzene rings is 2. The van der Waals surface area contributed by atoms with Gasteiger partial charge in [0.1, 0.15) is 0 Å². The van der Waals surface area contributed by atoms with Crippen molar-refractivity contribution in [2.45, 2.75) is 6.54 Å². The first kappa shape index (κ1) is 14.6. The quantitative estimate of drug-likeness (QED) is 0.795. The van der Waals surface area contributed by atoms with Gasteiger partial charge < -0.3 is 9.64 Å². The molecule has 20 heavy (non-hydrogen) atoms. The third-order valence-corrected chi connectivity index (χ3v) is 3.59. The Morgan fingerprint density at radius 1 is 1.10 bits per heavy atom. The lowest BCUT2D eigenvalue weighted by Gasteiger charge is -2.19. The molecule has 104 valence electrons. The Kier molecular flexibility index (Phi) is 4.79. The molecule has 2 aromatic carbocycles. The molecule has 0 fully saturated rings. The molecule has 2 aromatic rings. The van der Waals surface area contributed by atoms with E-state index in [0.717, 1.165) is 16.7 Å². The minimum absolute atomic E-state index is 0.313. The van der Waals surface area contributed by atoms with E-state index in [1.165, 1.54) is 12.7 Å². The zero-order chi connectivity index (χ0) is 14.5. The van der Waals surface area contributed by atoms with Gasteiger partial charge in [-0.05, 0) is 42.0 Å². The smallest absolute Gasteiger partial charge is 0.337 e. The maximum Gasteiger partial charge on any atom is 0.337 e. The highest BCUT2D eigenvalue weighted by molar-refractivity contribution is 9.10. The molecule has 2 rings (SSSR count). The molecular formula is C16H16BrNO2. The Morgan fingerprint density at radius 2 is 1.70 bits per heavy atom. The first-order valence-corrected chi connectivity index (χ1v) is 7.03. The van der Waals surface area contributed by atoms with Crippen LogP contribution in [0.15, 0.2) is 53.0 Å². The third-order valence-electron chi connectivity index (χ3n) is 3.06. The van der Waals surface area contributed by atoms with E-state index in [-0.39, 0.29) is 5.97 Å². The molecule has 0 aliphatic heterocycles. The van der Waals surface area contributed by atoms with Gasteiger partial charge in [0.2, 0.25) is 0 Å². The van der Waals surface area contributed by atoms with Gasteiger partial charge in [0.05, 0.1) is 12.7 Å². The summed E-state index contributed by atoms with van der Waals surface area (Å²) in [4.78, 5) is 13.5. The summed E-state index contributed by atoms with van der Waals surface area (Å²) in [5, 5.41) is 0. The summed E-state index contributed by atoms with van der Waals surface area (Å²) in [6.07, 6.45) is 0. The van der Waals surface area contributed by atoms with E-state index >= 15 is 0 Å². The number of nitrogens with zero attached hydrogens (tertiary/aromatic N) is 1. The number of halogens is 1. The highest BCUT2D eigenvalue weighted by Gasteiger charge is 2.06. The Labute approximate surface area is 127 Å². The SMILES string of the molecule is COC(=O)c1ccc(N(C)Cc2ccc(Br)cc2)cc1. The molecule has 0 N–H and O–H groups in total. The summed E-state index contributed by atoms with van der Waals surface area (Å²) in [6.45, 7) is 0.810. The Morgan fingerprint density at radius 3 is 2.25 bits per heavy atom. The first-order valence-electron chi connectivity index (χ1n) is 6.24. The van der Waals surface area contributed by atoms with Crippen molar-refractivity contribution in [3.8, 4) is 0 Å². The molecule has 4 heteroatoms. The summed E-state index contributed by atoms with van der Waals surface area (Å²) < 4.78 is 5.76. The Bertz CT molecular complexity index is 578. The van der Waals surface area contributed by atoms with Crippen LogP contribution >= 0.6 is 15.9 Å². The van der Waals surface area contributed by atoms with Gasteiger partial charge in [-0.15, -0.1) is 0 Å². The van der Waals surface area contributed by atoms with Crippen LogP contribution in [0, 0.1) is 0 Å². The van der Waals surface area contributed by atoms with Gasteiger partial charge in [0.25, 0.3) is 0 Å². The molecule has 0 radical (unpaired) electrons. The number of hydrogen-bond acceptors (Lipinski definition) is 3. The van der Waals surface area contributed by atoms with E-state index in [0.29, 0.717) is 5.56 Å². The van der Waals surface area contributed by atoms with Crippen LogP contribution in [0.4, 0.5) is 5.69 Å². The number of ether oxygens (including phenoxy) is 1. The van der Waals surface area contributed by atoms with Crippen molar-refractivity contribution in [3.05, 3.63) is 64.1 Å². The van der Waals surface area contributed by atoms with Crippen LogP contribution < -0.4 is 4.90 Å². The summed E-state index contributed by atoms with van der Waals surface area (Å²) >= 11 is 3.43. The fourth-order valence-corrected chi connectivity index (χ4v) is 2.19. The van der Waals surface area contributed by atoms with Crippen LogP contribution in [0.25, 0.3) is 0 Å². The zero-order valence-electron chi connectivity index (χ0n) is 11.5. The predicted octanol–water partition coefficient (Wildman–Crippen LogP) is 3.87. The second-order valence-corrected chi connectivity index (χ2v) is 5.44. The number of hydrogen-bond donors (Lipinski definition) is 0. The molecule has 0 heterocycles. The second kappa shape index (κ2) is 6.57. The van der Waals surface area contributed by atoms with Crippen molar-refractivity contribution in [2.75, 3.05) is 19.1 Å². The molecule has 0 saturated carbocycles. The van der Waals surface area contributed by atoms with Crippen LogP contribution in [-0.4, -0.2) is 20.1 Å². The number of carbonyl (C=O) groups excluding carboxylic acids is 1. The fraction of sp³-hybridized carbons (Fsp3) is 0.188. The average molecular weight is 334 g/mol. The van der Waals surface area contributed by atoms with E-state index < -0.39 is 0 Å². The van der Waals surface area contributed by atoms with Crippen molar-refractivity contribution in [2.24, 2.45) is 0 Å². The zero-order valence-corrected chi connectivity index (χ0v) is 13.1. The monoisotopic (exact) mass is 333 g/mol. The Balaban J connectivity index is 2.07. The lowest BCUT2D eigenvalue weighted by Crippen LogP contribution is -2.16. The molecule has 0 spiro atoms. The maximum absolute atomic E-state index is 11.4. The lowest BCUT2D eigenvalue weighted by atomic mass is 10.1. The van der Waals surface area contributed by atoms with Crippen LogP contribution in [0.1, 0.15) is 15.9 Å². The average Bonchev–Trinajstić information content (AvgIpc) is 2.49. The molecule has 0 unspecified atom stereocenters. The van der Waals surface area contributed by atoms with Crippen molar-refractivity contribution in [3.63, 3.8) is 0 Å². The first-order chi connectivity index (χ1) is 9.60. The third kappa shape index (κ3) is 3.61. The van der Waals surface area contributed by atoms with Crippen molar-refractivity contribution in [1.29, 1.82) is 0 Å². The summed E-state index contributed by atoms with van der Waals surface area (Å²) in [6, 6.07) is 15.6. The predicted molar refractivity (Wildman–Crippen MR) is 84.0 cm³/mol. The normalized spacial score (nSPS) is 10.2. The van der Waals surface area contributed by atoms with Crippen molar-refractivity contribution >= 4 is 27.6 Å². The van der Waals surface area contributed by atoms with Crippen LogP contribution in [0.3, 0.4) is 0 Å². The van der Waals surface area contributed by atoms with E-state index in [1.807, 2.05) is 31.3 Å². The summed E-state index contributed by atoms with van der Waals surface area (Å²) in [7, 11) is 3.41. The van der Waals surface area contributed by atoms with E-state index in [1.54, 1.807) is 12.1 Å². The standard InChI is InChI=1S/C16H16BrNO2/c1-18(11-12-3-7-14(17)8-4-12)15-9-5-13(6-10-15)16(19)20-2/h3-10H,11H2,1-2H3. The Hall–Kier alpha value is -1.81. The second-order valence-electron chi connectivity index (χ2n) is 4.52. The van der Waals surface area contributed by atoms with Gasteiger partial charge >= 0.3 is 5.97 Å². The summed E-state index contributed by atoms with van der Waals surface area (Å²) in [5.41, 5.74) is 2.85. The lowest BCUT2D eigenvalue weighted by molar-refractivity contribution is 0.0601. The maximum atomic E-state index is 11.4. The van der Waals surface area contributed by atoms with E-state index in [2.05, 4.69) is 37.7 Å². The van der Waals surface area contributed by atoms with Gasteiger partial charge in [-0.2, -0.15) is 0 Å². The number of rotatable bonds is 4. The number of carbonyl (C=O) groups is 1. The molecule has 0 aromatic heterocycles. The van der Waals surface area contributed by atoms with Gasteiger partial charge in [0, 0.05) is 23.8 Å². The van der Waals surface area contributed by atoms with Crippen LogP contribution in [0.2, 0.25) is 0 Å². The van der Waals surface area contributed by atoms with Gasteiger partial charge in [0.15, 0.2) is 0 Å². The molecule has 0 atom stereocenters. The van der Waals surface area contributed by atoms with Gasteiger partial charge in [-0.1, -0.05) is 28.1 Å². The number of esters is 1. The molecule has 0 aliphatic carbocycles. The highest BCUT2D eigenvalue weighted by Crippen LogP contribution is 2.18. The molecule has 3 nitrogen and oxygen atoms in total. The van der Waals surface area contributed by atoms with Crippen LogP contribution in [0.5, 0.6) is 0 Å². The van der Waals surface area contributed by atoms with E-state index in [4.69, 9.17) is 0 Å². The molecule has 0 bridgehead atoms. The minimum atomic E-state index is -0.313. The molecule has 0 saturated heterocycles. The fourth-order valence-electron chi connectivity index (χ4n) is 1.92. The van der Waals surface area contributed by atoms with E-state index in [9.17, 15) is 4.79 Å². The van der Waals surface area contributed by atoms with Gasteiger partial charge in [-0.25, -0.2) is 4.79 Å². The summed E-state index contributed by atoms with van der Waals surface area (Å²) in [5.74, 6) is -0.313. The van der Waals surface area contributed by atoms with Crippen LogP contribution in [-0.2, 0) is 11.3 Å². The molecule has 0 amide bonds. The topological polar surface area (TPSA) is 29.5 Å². The molecular weight excluding hydrogens is 318 g/mol. The minimum Gasteiger partial charge on any atom is -0.465 e. The molecule has 0 aliphatic rings. The largest absolute Gasteiger partial charge is 0.465 e. The van der Waals surface area contributed by atoms with Crippen molar-refractivity contribution in [1.82, 2.24) is 0 Å². The highest BCUT2D eigenvalue weighted by atomic mass is 79.9. The van der Waals surface area contributed by atoms with Gasteiger partial charge in [-0.3, -0.25) is 0 Å². The number of anilines is 1. The number of methoxy groups -OCH3 is 1.